The van der Waals surface area contributed by atoms with E-state index in [9.17, 15) is 9.90 Å². The second kappa shape index (κ2) is 13.2. The molecular weight excluding hydrogens is 491 g/mol. The van der Waals surface area contributed by atoms with Gasteiger partial charge in [-0.2, -0.15) is 0 Å². The number of thioether (sulfide) groups is 1. The molecule has 3 aromatic rings. The minimum Gasteiger partial charge on any atom is -0.497 e. The number of pyridine rings is 1. The van der Waals surface area contributed by atoms with Crippen molar-refractivity contribution in [2.24, 2.45) is 18.9 Å². The molecule has 7 nitrogen and oxygen atoms in total. The molecular formula is C28H37FN4O3S. The first-order valence-electron chi connectivity index (χ1n) is 13.1. The van der Waals surface area contributed by atoms with Crippen molar-refractivity contribution in [3.05, 3.63) is 48.4 Å². The number of nitrogens with zero attached hydrogens (tertiary/aromatic N) is 4. The molecule has 200 valence electrons. The van der Waals surface area contributed by atoms with Crippen molar-refractivity contribution in [3.8, 4) is 5.75 Å². The second-order valence-electron chi connectivity index (χ2n) is 9.89. The average Bonchev–Trinajstić information content (AvgIpc) is 3.32. The number of hydrogen-bond acceptors (Lipinski definition) is 6. The number of alkyl halides is 1. The number of carboxylic acids is 1. The molecule has 0 aliphatic carbocycles. The maximum atomic E-state index is 15.5. The molecule has 4 rings (SSSR count). The van der Waals surface area contributed by atoms with Crippen LogP contribution in [0.5, 0.6) is 5.75 Å². The molecule has 1 aliphatic rings. The minimum atomic E-state index is -1.10. The number of aliphatic carboxylic acids is 1. The van der Waals surface area contributed by atoms with Crippen LogP contribution in [0.15, 0.2) is 48.0 Å². The Hall–Kier alpha value is -2.65. The molecule has 9 heteroatoms. The molecule has 1 N–H and O–H groups in total. The number of benzene rings is 1. The fourth-order valence-electron chi connectivity index (χ4n) is 5.38. The predicted molar refractivity (Wildman–Crippen MR) is 145 cm³/mol. The van der Waals surface area contributed by atoms with Gasteiger partial charge >= 0.3 is 5.97 Å². The molecule has 2 unspecified atom stereocenters. The Morgan fingerprint density at radius 2 is 2.11 bits per heavy atom. The number of fused-ring (bicyclic) bond motifs is 1. The van der Waals surface area contributed by atoms with E-state index in [4.69, 9.17) is 4.74 Å². The van der Waals surface area contributed by atoms with Crippen molar-refractivity contribution in [1.29, 1.82) is 0 Å². The molecule has 0 radical (unpaired) electrons. The Morgan fingerprint density at radius 3 is 2.86 bits per heavy atom. The lowest BCUT2D eigenvalue weighted by molar-refractivity contribution is -0.137. The number of ether oxygens (including phenoxy) is 1. The number of methoxy groups -OCH3 is 1. The molecule has 3 atom stereocenters. The summed E-state index contributed by atoms with van der Waals surface area (Å²) < 4.78 is 22.9. The highest BCUT2D eigenvalue weighted by Crippen LogP contribution is 2.36. The summed E-state index contributed by atoms with van der Waals surface area (Å²) in [5.41, 5.74) is 1.41. The Morgan fingerprint density at radius 1 is 1.24 bits per heavy atom. The Labute approximate surface area is 222 Å². The van der Waals surface area contributed by atoms with Crippen LogP contribution in [0.4, 0.5) is 4.39 Å². The van der Waals surface area contributed by atoms with Gasteiger partial charge in [-0.05, 0) is 86.9 Å². The van der Waals surface area contributed by atoms with E-state index in [2.05, 4.69) is 14.9 Å². The third kappa shape index (κ3) is 7.45. The lowest BCUT2D eigenvalue weighted by Crippen LogP contribution is -2.41. The van der Waals surface area contributed by atoms with Crippen molar-refractivity contribution in [2.75, 3.05) is 32.5 Å². The second-order valence-corrected chi connectivity index (χ2v) is 11.0. The number of piperidine rings is 1. The molecule has 0 spiro atoms. The number of halogens is 1. The van der Waals surface area contributed by atoms with Gasteiger partial charge < -0.3 is 19.3 Å². The monoisotopic (exact) mass is 528 g/mol. The molecule has 0 saturated carbocycles. The number of likely N-dealkylation sites (tertiary alicyclic amines) is 1. The summed E-state index contributed by atoms with van der Waals surface area (Å²) in [5, 5.41) is 11.1. The van der Waals surface area contributed by atoms with Gasteiger partial charge in [0.15, 0.2) is 5.16 Å². The van der Waals surface area contributed by atoms with Gasteiger partial charge in [-0.15, -0.1) is 0 Å². The minimum absolute atomic E-state index is 0.165. The highest BCUT2D eigenvalue weighted by atomic mass is 32.2. The van der Waals surface area contributed by atoms with E-state index >= 15 is 4.39 Å². The summed E-state index contributed by atoms with van der Waals surface area (Å²) >= 11 is 1.76. The van der Waals surface area contributed by atoms with E-state index in [0.717, 1.165) is 60.7 Å². The number of imidazole rings is 1. The van der Waals surface area contributed by atoms with E-state index < -0.39 is 12.1 Å². The fourth-order valence-corrected chi connectivity index (χ4v) is 6.24. The highest BCUT2D eigenvalue weighted by Gasteiger charge is 2.30. The van der Waals surface area contributed by atoms with Crippen LogP contribution >= 0.6 is 11.8 Å². The number of aryl methyl sites for hydroxylation is 1. The number of carboxylic acid groups (broad SMARTS) is 1. The van der Waals surface area contributed by atoms with Crippen LogP contribution in [0.2, 0.25) is 0 Å². The van der Waals surface area contributed by atoms with Crippen LogP contribution in [0, 0.1) is 11.8 Å². The summed E-state index contributed by atoms with van der Waals surface area (Å²) in [6, 6.07) is 7.31. The third-order valence-electron chi connectivity index (χ3n) is 7.44. The number of hydrogen-bond donors (Lipinski definition) is 1. The van der Waals surface area contributed by atoms with E-state index in [1.54, 1.807) is 31.1 Å². The Bertz CT molecular complexity index is 1170. The quantitative estimate of drug-likeness (QED) is 0.223. The summed E-state index contributed by atoms with van der Waals surface area (Å²) in [6.07, 6.45) is 8.35. The van der Waals surface area contributed by atoms with Crippen molar-refractivity contribution < 1.29 is 19.0 Å². The highest BCUT2D eigenvalue weighted by molar-refractivity contribution is 7.99. The zero-order valence-corrected chi connectivity index (χ0v) is 22.5. The van der Waals surface area contributed by atoms with Gasteiger partial charge in [0.05, 0.1) is 12.6 Å². The fraction of sp³-hybridized carbons (Fsp3) is 0.536. The Kier molecular flexibility index (Phi) is 9.80. The van der Waals surface area contributed by atoms with Gasteiger partial charge in [-0.3, -0.25) is 9.78 Å². The van der Waals surface area contributed by atoms with Crippen LogP contribution < -0.4 is 4.74 Å². The third-order valence-corrected chi connectivity index (χ3v) is 8.59. The van der Waals surface area contributed by atoms with Crippen LogP contribution in [0.3, 0.4) is 0 Å². The van der Waals surface area contributed by atoms with Crippen LogP contribution in [-0.4, -0.2) is 63.0 Å². The van der Waals surface area contributed by atoms with E-state index in [1.165, 1.54) is 0 Å². The number of aromatic nitrogens is 3. The number of rotatable bonds is 13. The van der Waals surface area contributed by atoms with E-state index in [0.29, 0.717) is 30.1 Å². The summed E-state index contributed by atoms with van der Waals surface area (Å²) in [7, 11) is 3.61. The standard InChI is InChI=1S/C28H37FN4O3S/c1-32-16-13-31-28(32)37-17-3-14-33-15-11-20(21(19-33)5-9-27(34)35)4-7-25(29)23-10-12-30-26-8-6-22(36-2)18-24(23)26/h6,8,10,12-13,16,18,20-21,25H,3-5,7,9,11,14-15,17,19H2,1-2H3,(H,34,35)/t20?,21?,25-/m0/s1. The lowest BCUT2D eigenvalue weighted by Gasteiger charge is -2.39. The summed E-state index contributed by atoms with van der Waals surface area (Å²) in [4.78, 5) is 22.5. The first-order valence-corrected chi connectivity index (χ1v) is 14.0. The average molecular weight is 529 g/mol. The first-order chi connectivity index (χ1) is 17.9. The molecule has 3 heterocycles. The van der Waals surface area contributed by atoms with E-state index in [-0.39, 0.29) is 12.3 Å². The topological polar surface area (TPSA) is 80.5 Å². The molecule has 1 aromatic carbocycles. The van der Waals surface area contributed by atoms with Crippen molar-refractivity contribution in [3.63, 3.8) is 0 Å². The molecule has 1 aliphatic heterocycles. The van der Waals surface area contributed by atoms with Gasteiger partial charge in [-0.25, -0.2) is 9.37 Å². The lowest BCUT2D eigenvalue weighted by atomic mass is 9.79. The maximum Gasteiger partial charge on any atom is 0.303 e. The van der Waals surface area contributed by atoms with Gasteiger partial charge in [0.1, 0.15) is 11.9 Å². The molecule has 1 saturated heterocycles. The van der Waals surface area contributed by atoms with Crippen molar-refractivity contribution in [1.82, 2.24) is 19.4 Å². The van der Waals surface area contributed by atoms with Crippen LogP contribution in [0.1, 0.15) is 50.3 Å². The smallest absolute Gasteiger partial charge is 0.303 e. The van der Waals surface area contributed by atoms with Gasteiger partial charge in [0.2, 0.25) is 0 Å². The van der Waals surface area contributed by atoms with E-state index in [1.807, 2.05) is 42.2 Å². The van der Waals surface area contributed by atoms with Crippen molar-refractivity contribution >= 4 is 28.6 Å². The first kappa shape index (κ1) is 27.4. The number of carbonyl (C=O) groups is 1. The van der Waals surface area contributed by atoms with Gasteiger partial charge in [0.25, 0.3) is 0 Å². The Balaban J connectivity index is 1.32. The summed E-state index contributed by atoms with van der Waals surface area (Å²) in [6.45, 7) is 2.86. The predicted octanol–water partition coefficient (Wildman–Crippen LogP) is 5.75. The molecule has 37 heavy (non-hydrogen) atoms. The normalized spacial score (nSPS) is 19.2. The molecule has 0 amide bonds. The molecule has 2 aromatic heterocycles. The van der Waals surface area contributed by atoms with Crippen molar-refractivity contribution in [2.45, 2.75) is 49.9 Å². The largest absolute Gasteiger partial charge is 0.497 e. The summed E-state index contributed by atoms with van der Waals surface area (Å²) in [5.74, 6) is 1.53. The van der Waals surface area contributed by atoms with Gasteiger partial charge in [0, 0.05) is 49.7 Å². The zero-order chi connectivity index (χ0) is 26.2. The molecule has 0 bridgehead atoms. The SMILES string of the molecule is COc1ccc2nccc([C@@H](F)CCC3CCN(CCCSc4nccn4C)CC3CCC(=O)O)c2c1. The molecule has 1 fully saturated rings. The van der Waals surface area contributed by atoms with Crippen LogP contribution in [0.25, 0.3) is 10.9 Å². The van der Waals surface area contributed by atoms with Gasteiger partial charge in [-0.1, -0.05) is 11.8 Å². The van der Waals surface area contributed by atoms with Crippen LogP contribution in [-0.2, 0) is 11.8 Å². The zero-order valence-electron chi connectivity index (χ0n) is 21.7. The maximum absolute atomic E-state index is 15.5.